The van der Waals surface area contributed by atoms with Gasteiger partial charge in [-0.25, -0.2) is 0 Å². The molecule has 0 heterocycles. The van der Waals surface area contributed by atoms with Crippen LogP contribution >= 0.6 is 0 Å². The third kappa shape index (κ3) is 3.21. The Morgan fingerprint density at radius 2 is 1.60 bits per heavy atom. The number of hydrogen-bond donors (Lipinski definition) is 1. The van der Waals surface area contributed by atoms with Crippen LogP contribution in [0.3, 0.4) is 0 Å². The second-order valence-electron chi connectivity index (χ2n) is 14.9. The first-order chi connectivity index (χ1) is 16.3. The largest absolute Gasteiger partial charge is 0.469 e. The van der Waals surface area contributed by atoms with Gasteiger partial charge in [0, 0.05) is 0 Å². The minimum atomic E-state index is -0.203. The molecule has 5 aliphatic carbocycles. The van der Waals surface area contributed by atoms with Gasteiger partial charge in [0.25, 0.3) is 0 Å². The lowest BCUT2D eigenvalue weighted by Crippen LogP contribution is -2.57. The molecule has 0 saturated heterocycles. The summed E-state index contributed by atoms with van der Waals surface area (Å²) in [5, 5.41) is 10.9. The Morgan fingerprint density at radius 3 is 2.29 bits per heavy atom. The Bertz CT molecular complexity index is 891. The van der Waals surface area contributed by atoms with Crippen LogP contribution < -0.4 is 0 Å². The number of aliphatic hydroxyl groups excluding tert-OH is 1. The number of rotatable bonds is 6. The minimum absolute atomic E-state index is 0.0742. The smallest absolute Gasteiger partial charge is 0.312 e. The predicted molar refractivity (Wildman–Crippen MR) is 142 cm³/mol. The van der Waals surface area contributed by atoms with Crippen molar-refractivity contribution in [1.82, 2.24) is 0 Å². The predicted octanol–water partition coefficient (Wildman–Crippen LogP) is 7.57. The standard InChI is InChI=1S/C32H52O3/c1-20(22(3)27(34)35-8)9-10-21(2)23-13-15-30(7)25-12-11-24-28(4,5)26(33)14-16-31(24)19-32(25,31)18-17-29(23,30)6/h21-26,33H,1,9-19H2,2-8H3/t21-,22-,23-,24+,25+,26+,29-,30+,31-,32+/m1/s1. The van der Waals surface area contributed by atoms with Gasteiger partial charge in [0.1, 0.15) is 0 Å². The molecule has 35 heavy (non-hydrogen) atoms. The maximum atomic E-state index is 12.0. The van der Waals surface area contributed by atoms with Gasteiger partial charge in [-0.3, -0.25) is 4.79 Å². The summed E-state index contributed by atoms with van der Waals surface area (Å²) in [4.78, 5) is 12.0. The summed E-state index contributed by atoms with van der Waals surface area (Å²) in [6, 6.07) is 0. The molecule has 0 amide bonds. The van der Waals surface area contributed by atoms with Crippen LogP contribution in [-0.2, 0) is 9.53 Å². The van der Waals surface area contributed by atoms with E-state index in [2.05, 4.69) is 41.2 Å². The van der Waals surface area contributed by atoms with Crippen LogP contribution in [0.25, 0.3) is 0 Å². The molecule has 5 rings (SSSR count). The second-order valence-corrected chi connectivity index (χ2v) is 14.9. The van der Waals surface area contributed by atoms with E-state index >= 15 is 0 Å². The summed E-state index contributed by atoms with van der Waals surface area (Å²) < 4.78 is 4.95. The van der Waals surface area contributed by atoms with E-state index in [0.29, 0.717) is 33.5 Å². The van der Waals surface area contributed by atoms with Crippen molar-refractivity contribution in [1.29, 1.82) is 0 Å². The fourth-order valence-electron chi connectivity index (χ4n) is 11.5. The van der Waals surface area contributed by atoms with Gasteiger partial charge in [0.15, 0.2) is 0 Å². The van der Waals surface area contributed by atoms with E-state index in [4.69, 9.17) is 4.74 Å². The van der Waals surface area contributed by atoms with Gasteiger partial charge in [-0.05, 0) is 128 Å². The zero-order chi connectivity index (χ0) is 25.6. The average Bonchev–Trinajstić information content (AvgIpc) is 3.41. The van der Waals surface area contributed by atoms with Crippen LogP contribution in [0.4, 0.5) is 0 Å². The van der Waals surface area contributed by atoms with Gasteiger partial charge in [-0.15, -0.1) is 0 Å². The maximum absolute atomic E-state index is 12.0. The van der Waals surface area contributed by atoms with Crippen LogP contribution in [0.5, 0.6) is 0 Å². The van der Waals surface area contributed by atoms with E-state index in [1.807, 2.05) is 6.92 Å². The first-order valence-corrected chi connectivity index (χ1v) is 14.7. The third-order valence-corrected chi connectivity index (χ3v) is 13.9. The van der Waals surface area contributed by atoms with Gasteiger partial charge in [0.05, 0.1) is 19.1 Å². The van der Waals surface area contributed by atoms with E-state index in [1.165, 1.54) is 58.5 Å². The minimum Gasteiger partial charge on any atom is -0.469 e. The molecule has 0 radical (unpaired) electrons. The average molecular weight is 485 g/mol. The topological polar surface area (TPSA) is 46.5 Å². The molecule has 10 atom stereocenters. The summed E-state index contributed by atoms with van der Waals surface area (Å²) in [6.07, 6.45) is 13.9. The number of carbonyl (C=O) groups is 1. The number of ether oxygens (including phenoxy) is 1. The van der Waals surface area contributed by atoms with Crippen LogP contribution in [0, 0.1) is 56.7 Å². The Kier molecular flexibility index (Phi) is 5.96. The Labute approximate surface area is 214 Å². The molecule has 3 nitrogen and oxygen atoms in total. The summed E-state index contributed by atoms with van der Waals surface area (Å²) in [5.74, 6) is 2.64. The van der Waals surface area contributed by atoms with Gasteiger partial charge in [-0.1, -0.05) is 46.8 Å². The van der Waals surface area contributed by atoms with Crippen molar-refractivity contribution >= 4 is 5.97 Å². The number of hydrogen-bond acceptors (Lipinski definition) is 3. The quantitative estimate of drug-likeness (QED) is 0.312. The van der Waals surface area contributed by atoms with Crippen molar-refractivity contribution < 1.29 is 14.6 Å². The van der Waals surface area contributed by atoms with Gasteiger partial charge in [0.2, 0.25) is 0 Å². The van der Waals surface area contributed by atoms with E-state index in [9.17, 15) is 9.90 Å². The molecule has 0 bridgehead atoms. The molecule has 0 aromatic carbocycles. The molecular formula is C32H52O3. The normalized spacial score (nSPS) is 49.0. The Balaban J connectivity index is 1.33. The van der Waals surface area contributed by atoms with Crippen LogP contribution in [0.2, 0.25) is 0 Å². The summed E-state index contributed by atoms with van der Waals surface area (Å²) in [6.45, 7) is 18.7. The summed E-state index contributed by atoms with van der Waals surface area (Å²) in [7, 11) is 1.47. The highest BCUT2D eigenvalue weighted by atomic mass is 16.5. The first-order valence-electron chi connectivity index (χ1n) is 14.7. The van der Waals surface area contributed by atoms with Crippen LogP contribution in [-0.4, -0.2) is 24.3 Å². The molecule has 2 spiro atoms. The number of methoxy groups -OCH3 is 1. The lowest BCUT2D eigenvalue weighted by atomic mass is 9.41. The van der Waals surface area contributed by atoms with E-state index < -0.39 is 0 Å². The SMILES string of the molecule is C=C(CC[C@@H](C)[C@H]1CC[C@@]2(C)[C@@H]3CC[C@H]4C(C)(C)[C@@H](O)CC[C@@]45C[C@@]35CC[C@]12C)[C@@H](C)C(=O)OC. The van der Waals surface area contributed by atoms with Crippen LogP contribution in [0.1, 0.15) is 112 Å². The lowest BCUT2D eigenvalue weighted by molar-refractivity contribution is -0.161. The Morgan fingerprint density at radius 1 is 0.943 bits per heavy atom. The zero-order valence-corrected chi connectivity index (χ0v) is 23.7. The fourth-order valence-corrected chi connectivity index (χ4v) is 11.5. The number of carbonyl (C=O) groups excluding carboxylic acids is 1. The van der Waals surface area contributed by atoms with E-state index in [1.54, 1.807) is 0 Å². The van der Waals surface area contributed by atoms with Crippen molar-refractivity contribution in [3.63, 3.8) is 0 Å². The highest BCUT2D eigenvalue weighted by molar-refractivity contribution is 5.74. The first kappa shape index (κ1) is 25.8. The molecule has 0 aliphatic heterocycles. The van der Waals surface area contributed by atoms with Crippen molar-refractivity contribution in [2.45, 2.75) is 118 Å². The Hall–Kier alpha value is -0.830. The van der Waals surface area contributed by atoms with E-state index in [0.717, 1.165) is 36.7 Å². The van der Waals surface area contributed by atoms with Crippen molar-refractivity contribution in [3.8, 4) is 0 Å². The van der Waals surface area contributed by atoms with Gasteiger partial charge < -0.3 is 9.84 Å². The number of aliphatic hydroxyl groups is 1. The monoisotopic (exact) mass is 484 g/mol. The zero-order valence-electron chi connectivity index (χ0n) is 23.7. The molecule has 0 unspecified atom stereocenters. The maximum Gasteiger partial charge on any atom is 0.312 e. The van der Waals surface area contributed by atoms with Gasteiger partial charge >= 0.3 is 5.97 Å². The molecule has 0 aromatic heterocycles. The summed E-state index contributed by atoms with van der Waals surface area (Å²) in [5.41, 5.74) is 3.04. The van der Waals surface area contributed by atoms with Gasteiger partial charge in [-0.2, -0.15) is 0 Å². The fraction of sp³-hybridized carbons (Fsp3) is 0.906. The van der Waals surface area contributed by atoms with Crippen LogP contribution in [0.15, 0.2) is 12.2 Å². The summed E-state index contributed by atoms with van der Waals surface area (Å²) >= 11 is 0. The molecule has 1 N–H and O–H groups in total. The van der Waals surface area contributed by atoms with Crippen molar-refractivity contribution in [3.05, 3.63) is 12.2 Å². The molecule has 5 aliphatic rings. The molecular weight excluding hydrogens is 432 g/mol. The molecule has 5 saturated carbocycles. The van der Waals surface area contributed by atoms with E-state index in [-0.39, 0.29) is 23.4 Å². The molecule has 0 aromatic rings. The highest BCUT2D eigenvalue weighted by Crippen LogP contribution is 2.89. The lowest BCUT2D eigenvalue weighted by Gasteiger charge is -2.63. The third-order valence-electron chi connectivity index (χ3n) is 13.9. The number of fused-ring (bicyclic) bond motifs is 2. The number of esters is 1. The molecule has 3 heteroatoms. The molecule has 198 valence electrons. The van der Waals surface area contributed by atoms with Crippen molar-refractivity contribution in [2.24, 2.45) is 56.7 Å². The van der Waals surface area contributed by atoms with Crippen molar-refractivity contribution in [2.75, 3.05) is 7.11 Å². The highest BCUT2D eigenvalue weighted by Gasteiger charge is 2.82. The molecule has 5 fully saturated rings. The second kappa shape index (κ2) is 8.08.